The number of hydrogen-bond donors (Lipinski definition) is 2. The molecule has 0 fully saturated rings. The van der Waals surface area contributed by atoms with Crippen molar-refractivity contribution >= 4 is 113 Å². The summed E-state index contributed by atoms with van der Waals surface area (Å²) in [5.74, 6) is 0. The fourth-order valence-corrected chi connectivity index (χ4v) is 14.9. The molecule has 63 heavy (non-hydrogen) atoms. The Morgan fingerprint density at radius 2 is 0.667 bits per heavy atom. The van der Waals surface area contributed by atoms with E-state index in [-0.39, 0.29) is 29.0 Å². The molecule has 0 atom stereocenters. The topological polar surface area (TPSA) is 57.4 Å². The van der Waals surface area contributed by atoms with Crippen LogP contribution in [0.4, 0.5) is 0 Å². The summed E-state index contributed by atoms with van der Waals surface area (Å²) in [5, 5.41) is 0. The van der Waals surface area contributed by atoms with Gasteiger partial charge in [-0.1, -0.05) is 12.1 Å². The van der Waals surface area contributed by atoms with Crippen molar-refractivity contribution < 1.29 is 0 Å². The number of aromatic amines is 2. The van der Waals surface area contributed by atoms with Crippen LogP contribution in [0.15, 0.2) is 182 Å². The number of nitrogens with one attached hydrogen (secondary N) is 2. The van der Waals surface area contributed by atoms with Crippen LogP contribution in [0.2, 0.25) is 0 Å². The predicted molar refractivity (Wildman–Crippen MR) is 271 cm³/mol. The summed E-state index contributed by atoms with van der Waals surface area (Å²) in [4.78, 5) is 18.4. The van der Waals surface area contributed by atoms with Gasteiger partial charge in [0.2, 0.25) is 0 Å². The molecular formula is C56H36N4SSe2. The molecule has 0 aliphatic carbocycles. The molecule has 8 heterocycles. The van der Waals surface area contributed by atoms with Crippen molar-refractivity contribution in [1.29, 1.82) is 0 Å². The van der Waals surface area contributed by atoms with Gasteiger partial charge in [0.25, 0.3) is 0 Å². The maximum absolute atomic E-state index is 5.37. The Labute approximate surface area is 379 Å². The van der Waals surface area contributed by atoms with E-state index in [1.807, 2.05) is 0 Å². The number of thiophene rings is 1. The van der Waals surface area contributed by atoms with E-state index >= 15 is 0 Å². The van der Waals surface area contributed by atoms with Gasteiger partial charge in [-0.2, -0.15) is 0 Å². The second-order valence-corrected chi connectivity index (χ2v) is 21.1. The summed E-state index contributed by atoms with van der Waals surface area (Å²) in [5.41, 5.74) is 17.3. The second kappa shape index (κ2) is 16.1. The van der Waals surface area contributed by atoms with Crippen molar-refractivity contribution in [2.24, 2.45) is 0 Å². The van der Waals surface area contributed by atoms with E-state index in [0.717, 1.165) is 71.8 Å². The third-order valence-electron chi connectivity index (χ3n) is 11.6. The first-order valence-corrected chi connectivity index (χ1v) is 25.1. The molecule has 14 bridgehead atoms. The monoisotopic (exact) mass is 956 g/mol. The van der Waals surface area contributed by atoms with Gasteiger partial charge in [-0.15, -0.1) is 0 Å². The molecule has 12 rings (SSSR count). The molecule has 4 nitrogen and oxygen atoms in total. The molecule has 298 valence electrons. The van der Waals surface area contributed by atoms with E-state index < -0.39 is 0 Å². The Hall–Kier alpha value is -6.82. The Bertz CT molecular complexity index is 3720. The first-order chi connectivity index (χ1) is 31.2. The Kier molecular flexibility index (Phi) is 9.71. The molecular weight excluding hydrogens is 919 g/mol. The molecule has 6 aromatic heterocycles. The zero-order valence-corrected chi connectivity index (χ0v) is 38.0. The van der Waals surface area contributed by atoms with Crippen LogP contribution in [0, 0.1) is 0 Å². The van der Waals surface area contributed by atoms with Crippen molar-refractivity contribution in [3.8, 4) is 44.5 Å². The van der Waals surface area contributed by atoms with E-state index in [0.29, 0.717) is 0 Å². The average Bonchev–Trinajstić information content (AvgIpc) is 4.19. The van der Waals surface area contributed by atoms with E-state index in [1.165, 1.54) is 44.0 Å². The Morgan fingerprint density at radius 1 is 0.302 bits per heavy atom. The number of nitrogens with zero attached hydrogens (tertiary/aromatic N) is 2. The average molecular weight is 955 g/mol. The Morgan fingerprint density at radius 3 is 1.19 bits per heavy atom. The van der Waals surface area contributed by atoms with E-state index in [4.69, 9.17) is 9.97 Å². The number of fused-ring (bicyclic) bond motifs is 17. The summed E-state index contributed by atoms with van der Waals surface area (Å²) in [6, 6.07) is 65.7. The van der Waals surface area contributed by atoms with Crippen LogP contribution < -0.4 is 0 Å². The van der Waals surface area contributed by atoms with Gasteiger partial charge in [0.1, 0.15) is 0 Å². The van der Waals surface area contributed by atoms with Gasteiger partial charge in [0.15, 0.2) is 0 Å². The molecule has 0 amide bonds. The molecule has 0 saturated carbocycles. The van der Waals surface area contributed by atoms with Gasteiger partial charge >= 0.3 is 370 Å². The van der Waals surface area contributed by atoms with Crippen LogP contribution >= 0.6 is 11.3 Å². The minimum absolute atomic E-state index is 0.107. The number of rotatable bonds is 4. The standard InChI is InChI=1S/C56H36N4SSe2/c1-5-13-35(14-6-1)53-43-25-21-39(57-43)41-23-27-45(59-41)55(37-17-9-3-10-18-37)51-33-31-49(62-51)50-32-34-52(63-50)56(38-19-11-4-12-20-38)46-28-24-42(60-46)40-22-26-44(58-40)54(36-15-7-2-8-16-36)48-30-29-47(53)61-48/h1-34,57,60H. The third kappa shape index (κ3) is 7.11. The molecule has 0 spiro atoms. The fraction of sp³-hybridized carbons (Fsp3) is 0. The van der Waals surface area contributed by atoms with Gasteiger partial charge in [-0.25, -0.2) is 0 Å². The predicted octanol–water partition coefficient (Wildman–Crippen LogP) is 14.6. The van der Waals surface area contributed by atoms with Gasteiger partial charge in [-0.05, 0) is 0 Å². The van der Waals surface area contributed by atoms with Gasteiger partial charge in [-0.3, -0.25) is 0 Å². The molecule has 0 unspecified atom stereocenters. The molecule has 0 saturated heterocycles. The molecule has 4 aromatic carbocycles. The van der Waals surface area contributed by atoms with Crippen molar-refractivity contribution in [2.45, 2.75) is 0 Å². The molecule has 7 heteroatoms. The van der Waals surface area contributed by atoms with Gasteiger partial charge in [0.05, 0.1) is 0 Å². The zero-order chi connectivity index (χ0) is 41.7. The second-order valence-electron chi connectivity index (χ2n) is 15.5. The SMILES string of the molecule is C1=Cc2nc1c(-c1ccccc1)c1ccc(s1)c(-c1ccccc1)c1ccc([nH]1)c1nc(c(-c3ccccc3)c3ccc([se]3)c3ccc([se]3)c(-c3ccccc3)c3ccc2[nH]3)C=C1. The summed E-state index contributed by atoms with van der Waals surface area (Å²) in [7, 11) is 0. The van der Waals surface area contributed by atoms with Crippen LogP contribution in [0.25, 0.3) is 117 Å². The fourth-order valence-electron chi connectivity index (χ4n) is 8.61. The molecule has 2 aliphatic heterocycles. The first kappa shape index (κ1) is 37.9. The van der Waals surface area contributed by atoms with Crippen molar-refractivity contribution in [1.82, 2.24) is 19.9 Å². The van der Waals surface area contributed by atoms with Crippen molar-refractivity contribution in [3.63, 3.8) is 0 Å². The van der Waals surface area contributed by atoms with Crippen LogP contribution in [0.1, 0.15) is 22.8 Å². The molecule has 0 radical (unpaired) electrons. The quantitative estimate of drug-likeness (QED) is 0.173. The number of hydrogen-bond acceptors (Lipinski definition) is 3. The van der Waals surface area contributed by atoms with Crippen molar-refractivity contribution in [3.05, 3.63) is 205 Å². The van der Waals surface area contributed by atoms with E-state index in [9.17, 15) is 0 Å². The van der Waals surface area contributed by atoms with Crippen LogP contribution in [-0.4, -0.2) is 48.9 Å². The van der Waals surface area contributed by atoms with Gasteiger partial charge < -0.3 is 0 Å². The normalized spacial score (nSPS) is 12.0. The molecule has 2 aliphatic rings. The van der Waals surface area contributed by atoms with Crippen molar-refractivity contribution in [2.75, 3.05) is 0 Å². The van der Waals surface area contributed by atoms with Crippen LogP contribution in [0.5, 0.6) is 0 Å². The number of aromatic nitrogens is 4. The maximum atomic E-state index is 5.37. The van der Waals surface area contributed by atoms with E-state index in [2.05, 4.69) is 216 Å². The minimum atomic E-state index is 0.107. The van der Waals surface area contributed by atoms with E-state index in [1.54, 1.807) is 11.3 Å². The Balaban J connectivity index is 1.21. The summed E-state index contributed by atoms with van der Waals surface area (Å²) in [6.07, 6.45) is 8.67. The number of benzene rings is 4. The summed E-state index contributed by atoms with van der Waals surface area (Å²) in [6.45, 7) is 0. The molecule has 10 aromatic rings. The van der Waals surface area contributed by atoms with Gasteiger partial charge in [0, 0.05) is 0 Å². The number of H-pyrrole nitrogens is 2. The summed E-state index contributed by atoms with van der Waals surface area (Å²) >= 11 is 2.02. The summed E-state index contributed by atoms with van der Waals surface area (Å²) < 4.78 is 7.91. The first-order valence-electron chi connectivity index (χ1n) is 20.9. The van der Waals surface area contributed by atoms with Crippen LogP contribution in [0.3, 0.4) is 0 Å². The third-order valence-corrected chi connectivity index (χ3v) is 18.1. The van der Waals surface area contributed by atoms with Crippen LogP contribution in [-0.2, 0) is 0 Å². The zero-order valence-electron chi connectivity index (χ0n) is 33.7. The molecule has 2 N–H and O–H groups in total.